The van der Waals surface area contributed by atoms with Crippen LogP contribution in [0.2, 0.25) is 0 Å². The van der Waals surface area contributed by atoms with E-state index in [1.165, 1.54) is 0 Å². The van der Waals surface area contributed by atoms with E-state index in [9.17, 15) is 8.78 Å². The zero-order valence-corrected chi connectivity index (χ0v) is 15.1. The molecule has 0 aliphatic rings. The molecule has 7 nitrogen and oxygen atoms in total. The van der Waals surface area contributed by atoms with Crippen molar-refractivity contribution in [2.24, 2.45) is 0 Å². The first-order valence-corrected chi connectivity index (χ1v) is 8.18. The largest absolute Gasteiger partial charge is 0.384 e. The van der Waals surface area contributed by atoms with Gasteiger partial charge in [0.2, 0.25) is 11.9 Å². The smallest absolute Gasteiger partial charge is 0.232 e. The highest BCUT2D eigenvalue weighted by molar-refractivity contribution is 5.60. The van der Waals surface area contributed by atoms with Crippen molar-refractivity contribution in [2.45, 2.75) is 26.3 Å². The number of hydrogen-bond acceptors (Lipinski definition) is 7. The predicted molar refractivity (Wildman–Crippen MR) is 100 cm³/mol. The lowest BCUT2D eigenvalue weighted by molar-refractivity contribution is 0.584. The van der Waals surface area contributed by atoms with E-state index in [0.29, 0.717) is 11.5 Å². The summed E-state index contributed by atoms with van der Waals surface area (Å²) in [7, 11) is 0. The fourth-order valence-electron chi connectivity index (χ4n) is 2.27. The molecule has 0 unspecified atom stereocenters. The summed E-state index contributed by atoms with van der Waals surface area (Å²) in [4.78, 5) is 17.1. The van der Waals surface area contributed by atoms with Gasteiger partial charge in [0.25, 0.3) is 0 Å². The Labute approximate surface area is 155 Å². The molecule has 2 heterocycles. The minimum atomic E-state index is -0.711. The van der Waals surface area contributed by atoms with Gasteiger partial charge in [0.15, 0.2) is 5.82 Å². The van der Waals surface area contributed by atoms with Crippen molar-refractivity contribution in [3.63, 3.8) is 0 Å². The first-order chi connectivity index (χ1) is 12.7. The van der Waals surface area contributed by atoms with Crippen LogP contribution in [0.3, 0.4) is 0 Å². The molecular weight excluding hydrogens is 352 g/mol. The summed E-state index contributed by atoms with van der Waals surface area (Å²) < 4.78 is 26.9. The molecule has 2 aromatic heterocycles. The topological polar surface area (TPSA) is 102 Å². The first-order valence-electron chi connectivity index (χ1n) is 8.18. The van der Waals surface area contributed by atoms with Crippen LogP contribution in [0.4, 0.5) is 32.2 Å². The number of halogens is 2. The second-order valence-corrected chi connectivity index (χ2v) is 6.91. The Balaban J connectivity index is 2.03. The number of pyridine rings is 1. The SMILES string of the molecule is CC(C)(C)Nc1nc(Nc2cc(F)cc(F)c2)nc(-c2cccc(N)n2)n1. The predicted octanol–water partition coefficient (Wildman–Crippen LogP) is 3.75. The Morgan fingerprint density at radius 2 is 1.56 bits per heavy atom. The van der Waals surface area contributed by atoms with Gasteiger partial charge < -0.3 is 16.4 Å². The molecule has 1 aromatic carbocycles. The molecule has 0 saturated carbocycles. The molecular formula is C18H19F2N7. The number of rotatable bonds is 4. The number of anilines is 4. The quantitative estimate of drug-likeness (QED) is 0.642. The molecule has 0 bridgehead atoms. The van der Waals surface area contributed by atoms with Crippen molar-refractivity contribution < 1.29 is 8.78 Å². The van der Waals surface area contributed by atoms with Crippen molar-refractivity contribution in [2.75, 3.05) is 16.4 Å². The lowest BCUT2D eigenvalue weighted by Gasteiger charge is -2.21. The molecule has 3 aromatic rings. The van der Waals surface area contributed by atoms with Crippen LogP contribution in [0.15, 0.2) is 36.4 Å². The Hall–Kier alpha value is -3.36. The summed E-state index contributed by atoms with van der Waals surface area (Å²) in [6.45, 7) is 5.85. The number of hydrogen-bond donors (Lipinski definition) is 3. The number of nitrogens with two attached hydrogens (primary N) is 1. The van der Waals surface area contributed by atoms with Gasteiger partial charge in [-0.2, -0.15) is 15.0 Å². The Morgan fingerprint density at radius 1 is 0.889 bits per heavy atom. The third-order valence-electron chi connectivity index (χ3n) is 3.24. The highest BCUT2D eigenvalue weighted by atomic mass is 19.1. The average Bonchev–Trinajstić information content (AvgIpc) is 2.52. The van der Waals surface area contributed by atoms with Crippen LogP contribution in [0, 0.1) is 11.6 Å². The maximum Gasteiger partial charge on any atom is 0.232 e. The van der Waals surface area contributed by atoms with Crippen molar-refractivity contribution in [3.05, 3.63) is 48.0 Å². The average molecular weight is 371 g/mol. The summed E-state index contributed by atoms with van der Waals surface area (Å²) in [6.07, 6.45) is 0. The molecule has 9 heteroatoms. The molecule has 140 valence electrons. The van der Waals surface area contributed by atoms with Gasteiger partial charge in [-0.25, -0.2) is 13.8 Å². The van der Waals surface area contributed by atoms with Gasteiger partial charge in [-0.3, -0.25) is 0 Å². The van der Waals surface area contributed by atoms with Crippen LogP contribution in [0.25, 0.3) is 11.5 Å². The summed E-state index contributed by atoms with van der Waals surface area (Å²) in [5, 5.41) is 5.94. The number of benzene rings is 1. The lowest BCUT2D eigenvalue weighted by Crippen LogP contribution is -2.27. The molecule has 0 radical (unpaired) electrons. The number of aromatic nitrogens is 4. The Bertz CT molecular complexity index is 950. The molecule has 27 heavy (non-hydrogen) atoms. The molecule has 3 rings (SSSR count). The summed E-state index contributed by atoms with van der Waals surface area (Å²) >= 11 is 0. The standard InChI is InChI=1S/C18H19F2N7/c1-18(2,3)27-17-25-15(13-5-4-6-14(21)23-13)24-16(26-17)22-12-8-10(19)7-11(20)9-12/h4-9H,1-3H3,(H2,21,23)(H2,22,24,25,26,27). The van der Waals surface area contributed by atoms with Crippen molar-refractivity contribution >= 4 is 23.4 Å². The van der Waals surface area contributed by atoms with Crippen molar-refractivity contribution in [1.82, 2.24) is 19.9 Å². The minimum absolute atomic E-state index is 0.112. The monoisotopic (exact) mass is 371 g/mol. The van der Waals surface area contributed by atoms with Crippen LogP contribution in [0.5, 0.6) is 0 Å². The second-order valence-electron chi connectivity index (χ2n) is 6.91. The lowest BCUT2D eigenvalue weighted by atomic mass is 10.1. The van der Waals surface area contributed by atoms with Gasteiger partial charge in [0, 0.05) is 17.3 Å². The van der Waals surface area contributed by atoms with Gasteiger partial charge >= 0.3 is 0 Å². The zero-order valence-electron chi connectivity index (χ0n) is 15.1. The normalized spacial score (nSPS) is 11.3. The molecule has 0 saturated heterocycles. The minimum Gasteiger partial charge on any atom is -0.384 e. The Morgan fingerprint density at radius 3 is 2.19 bits per heavy atom. The van der Waals surface area contributed by atoms with Gasteiger partial charge in [-0.15, -0.1) is 0 Å². The van der Waals surface area contributed by atoms with E-state index in [1.807, 2.05) is 20.8 Å². The van der Waals surface area contributed by atoms with E-state index in [-0.39, 0.29) is 28.9 Å². The van der Waals surface area contributed by atoms with Gasteiger partial charge in [-0.05, 0) is 45.0 Å². The number of nitrogen functional groups attached to an aromatic ring is 1. The van der Waals surface area contributed by atoms with Crippen molar-refractivity contribution in [1.29, 1.82) is 0 Å². The van der Waals surface area contributed by atoms with Crippen LogP contribution in [-0.4, -0.2) is 25.5 Å². The second kappa shape index (κ2) is 7.10. The van der Waals surface area contributed by atoms with E-state index in [0.717, 1.165) is 18.2 Å². The highest BCUT2D eigenvalue weighted by Gasteiger charge is 2.16. The van der Waals surface area contributed by atoms with E-state index in [2.05, 4.69) is 30.6 Å². The van der Waals surface area contributed by atoms with Crippen LogP contribution >= 0.6 is 0 Å². The number of nitrogens with one attached hydrogen (secondary N) is 2. The summed E-state index contributed by atoms with van der Waals surface area (Å²) in [5.41, 5.74) is 6.04. The van der Waals surface area contributed by atoms with Gasteiger partial charge in [0.05, 0.1) is 0 Å². The highest BCUT2D eigenvalue weighted by Crippen LogP contribution is 2.22. The van der Waals surface area contributed by atoms with Crippen molar-refractivity contribution in [3.8, 4) is 11.5 Å². The van der Waals surface area contributed by atoms with Crippen LogP contribution in [-0.2, 0) is 0 Å². The van der Waals surface area contributed by atoms with Crippen LogP contribution < -0.4 is 16.4 Å². The molecule has 0 amide bonds. The van der Waals surface area contributed by atoms with E-state index >= 15 is 0 Å². The van der Waals surface area contributed by atoms with E-state index < -0.39 is 11.6 Å². The number of nitrogens with zero attached hydrogens (tertiary/aromatic N) is 4. The molecule has 0 fully saturated rings. The molecule has 0 aliphatic carbocycles. The first kappa shape index (κ1) is 18.4. The third-order valence-corrected chi connectivity index (χ3v) is 3.24. The fourth-order valence-corrected chi connectivity index (χ4v) is 2.27. The maximum absolute atomic E-state index is 13.5. The molecule has 0 spiro atoms. The molecule has 0 atom stereocenters. The fraction of sp³-hybridized carbons (Fsp3) is 0.222. The maximum atomic E-state index is 13.5. The summed E-state index contributed by atoms with van der Waals surface area (Å²) in [6, 6.07) is 8.15. The van der Waals surface area contributed by atoms with Gasteiger partial charge in [-0.1, -0.05) is 6.07 Å². The van der Waals surface area contributed by atoms with E-state index in [4.69, 9.17) is 5.73 Å². The molecule has 0 aliphatic heterocycles. The zero-order chi connectivity index (χ0) is 19.6. The summed E-state index contributed by atoms with van der Waals surface area (Å²) in [5.74, 6) is -0.435. The molecule has 4 N–H and O–H groups in total. The van der Waals surface area contributed by atoms with E-state index in [1.54, 1.807) is 18.2 Å². The third kappa shape index (κ3) is 5.06. The van der Waals surface area contributed by atoms with Gasteiger partial charge in [0.1, 0.15) is 23.1 Å². The Kier molecular flexibility index (Phi) is 4.85. The van der Waals surface area contributed by atoms with Crippen LogP contribution in [0.1, 0.15) is 20.8 Å².